The summed E-state index contributed by atoms with van der Waals surface area (Å²) >= 11 is 0. The third-order valence-corrected chi connectivity index (χ3v) is 8.70. The van der Waals surface area contributed by atoms with Gasteiger partial charge in [0.15, 0.2) is 12.0 Å². The van der Waals surface area contributed by atoms with Crippen molar-refractivity contribution in [3.63, 3.8) is 0 Å². The van der Waals surface area contributed by atoms with Gasteiger partial charge in [-0.2, -0.15) is 10.2 Å². The molecule has 2 atom stereocenters. The van der Waals surface area contributed by atoms with Crippen molar-refractivity contribution in [2.24, 2.45) is 0 Å². The first-order chi connectivity index (χ1) is 23.0. The zero-order chi connectivity index (χ0) is 32.2. The van der Waals surface area contributed by atoms with Crippen LogP contribution >= 0.6 is 0 Å². The second kappa shape index (κ2) is 13.6. The van der Waals surface area contributed by atoms with Gasteiger partial charge in [-0.3, -0.25) is 14.7 Å². The first-order valence-corrected chi connectivity index (χ1v) is 15.6. The number of carbonyl (C=O) groups excluding carboxylic acids is 1. The normalized spacial score (nSPS) is 20.3. The van der Waals surface area contributed by atoms with Gasteiger partial charge in [-0.05, 0) is 42.5 Å². The Morgan fingerprint density at radius 1 is 1.02 bits per heavy atom. The van der Waals surface area contributed by atoms with Gasteiger partial charge in [0.2, 0.25) is 5.95 Å². The number of hydrogen-bond donors (Lipinski definition) is 1. The maximum absolute atomic E-state index is 15.2. The first-order valence-electron chi connectivity index (χ1n) is 15.6. The van der Waals surface area contributed by atoms with Gasteiger partial charge >= 0.3 is 0 Å². The number of carbonyl (C=O) groups is 1. The van der Waals surface area contributed by atoms with Crippen molar-refractivity contribution < 1.29 is 18.7 Å². The highest BCUT2D eigenvalue weighted by molar-refractivity contribution is 5.92. The number of likely N-dealkylation sites (tertiary alicyclic amines) is 1. The minimum atomic E-state index is -1.44. The zero-order valence-corrected chi connectivity index (χ0v) is 25.6. The van der Waals surface area contributed by atoms with Crippen LogP contribution in [-0.2, 0) is 4.74 Å². The molecule has 3 aliphatic rings. The van der Waals surface area contributed by atoms with E-state index in [0.29, 0.717) is 23.4 Å². The minimum absolute atomic E-state index is 0.142. The van der Waals surface area contributed by atoms with Gasteiger partial charge in [-0.15, -0.1) is 0 Å². The van der Waals surface area contributed by atoms with Crippen LogP contribution in [0.25, 0.3) is 11.4 Å². The van der Waals surface area contributed by atoms with E-state index >= 15 is 4.39 Å². The van der Waals surface area contributed by atoms with Gasteiger partial charge in [0.05, 0.1) is 37.6 Å². The van der Waals surface area contributed by atoms with Crippen molar-refractivity contribution in [3.05, 3.63) is 78.6 Å². The lowest BCUT2D eigenvalue weighted by molar-refractivity contribution is -0.0660. The highest BCUT2D eigenvalue weighted by Crippen LogP contribution is 2.29. The van der Waals surface area contributed by atoms with E-state index in [9.17, 15) is 10.1 Å². The van der Waals surface area contributed by atoms with E-state index in [-0.39, 0.29) is 42.4 Å². The van der Waals surface area contributed by atoms with Crippen LogP contribution in [0.15, 0.2) is 67.4 Å². The summed E-state index contributed by atoms with van der Waals surface area (Å²) < 4.78 is 26.4. The standard InChI is InChI=1S/C33H33FN10O3/c34-27-18-44(32(45)28-17-36-8-9-37-28)10-7-30(27)47-29-6-1-22(15-23(29)16-35)31-38-21-39-33(41-31)40-24-2-4-25(5-3-24)42-11-13-43(14-12-42)26-19-46-20-26/h1-6,8-9,15,17,21,26-27,30H,7,10-14,18-20H2,(H,38,39,40,41)/t27-,30-/m0/s1. The maximum atomic E-state index is 15.2. The Balaban J connectivity index is 0.965. The number of anilines is 3. The molecule has 0 bridgehead atoms. The SMILES string of the molecule is N#Cc1cc(-c2ncnc(Nc3ccc(N4CCN(C5COC5)CC4)cc3)n2)ccc1O[C@H]1CCN(C(=O)c2cnccn2)C[C@@H]1F. The van der Waals surface area contributed by atoms with E-state index in [4.69, 9.17) is 9.47 Å². The van der Waals surface area contributed by atoms with Crippen LogP contribution in [0.1, 0.15) is 22.5 Å². The Bertz CT molecular complexity index is 1740. The van der Waals surface area contributed by atoms with Crippen LogP contribution in [-0.4, -0.2) is 111 Å². The van der Waals surface area contributed by atoms with Crippen molar-refractivity contribution in [2.45, 2.75) is 24.7 Å². The molecule has 0 unspecified atom stereocenters. The monoisotopic (exact) mass is 636 g/mol. The van der Waals surface area contributed by atoms with E-state index in [1.165, 1.54) is 35.5 Å². The summed E-state index contributed by atoms with van der Waals surface area (Å²) in [5.74, 6) is 0.606. The minimum Gasteiger partial charge on any atom is -0.486 e. The summed E-state index contributed by atoms with van der Waals surface area (Å²) in [6.07, 6.45) is 3.66. The predicted octanol–water partition coefficient (Wildman–Crippen LogP) is 3.10. The number of nitrogens with zero attached hydrogens (tertiary/aromatic N) is 9. The van der Waals surface area contributed by atoms with Crippen LogP contribution in [0.4, 0.5) is 21.7 Å². The molecule has 14 heteroatoms. The molecule has 7 rings (SSSR count). The Kier molecular flexibility index (Phi) is 8.81. The number of nitrogens with one attached hydrogen (secondary N) is 1. The molecule has 2 aromatic carbocycles. The van der Waals surface area contributed by atoms with Crippen molar-refractivity contribution in [2.75, 3.05) is 62.7 Å². The maximum Gasteiger partial charge on any atom is 0.274 e. The number of piperidine rings is 1. The summed E-state index contributed by atoms with van der Waals surface area (Å²) in [5, 5.41) is 13.1. The van der Waals surface area contributed by atoms with Gasteiger partial charge in [-0.25, -0.2) is 19.3 Å². The van der Waals surface area contributed by atoms with Gasteiger partial charge in [0, 0.05) is 68.5 Å². The molecule has 3 saturated heterocycles. The second-order valence-corrected chi connectivity index (χ2v) is 11.6. The van der Waals surface area contributed by atoms with Crippen molar-refractivity contribution in [1.29, 1.82) is 5.26 Å². The lowest BCUT2D eigenvalue weighted by Gasteiger charge is -2.43. The molecule has 1 N–H and O–H groups in total. The first kappa shape index (κ1) is 30.4. The fraction of sp³-hybridized carbons (Fsp3) is 0.364. The van der Waals surface area contributed by atoms with Crippen LogP contribution in [0, 0.1) is 11.3 Å². The van der Waals surface area contributed by atoms with Crippen LogP contribution in [0.2, 0.25) is 0 Å². The van der Waals surface area contributed by atoms with Crippen molar-refractivity contribution >= 4 is 23.2 Å². The summed E-state index contributed by atoms with van der Waals surface area (Å²) in [5.41, 5.74) is 2.98. The average Bonchev–Trinajstić information content (AvgIpc) is 3.09. The molecule has 240 valence electrons. The van der Waals surface area contributed by atoms with E-state index in [2.05, 4.69) is 58.2 Å². The molecule has 0 saturated carbocycles. The molecule has 3 fully saturated rings. The number of nitriles is 1. The smallest absolute Gasteiger partial charge is 0.274 e. The van der Waals surface area contributed by atoms with E-state index in [1.807, 2.05) is 12.1 Å². The molecule has 5 heterocycles. The molecule has 3 aliphatic heterocycles. The number of benzene rings is 2. The average molecular weight is 637 g/mol. The lowest BCUT2D eigenvalue weighted by Crippen LogP contribution is -2.56. The fourth-order valence-corrected chi connectivity index (χ4v) is 5.95. The Hall–Kier alpha value is -5.26. The number of rotatable bonds is 8. The Morgan fingerprint density at radius 3 is 2.55 bits per heavy atom. The third-order valence-electron chi connectivity index (χ3n) is 8.70. The summed E-state index contributed by atoms with van der Waals surface area (Å²) in [4.78, 5) is 40.0. The van der Waals surface area contributed by atoms with Gasteiger partial charge in [0.25, 0.3) is 5.91 Å². The second-order valence-electron chi connectivity index (χ2n) is 11.6. The number of aromatic nitrogens is 5. The molecule has 4 aromatic rings. The zero-order valence-electron chi connectivity index (χ0n) is 25.6. The number of alkyl halides is 1. The van der Waals surface area contributed by atoms with E-state index < -0.39 is 12.3 Å². The highest BCUT2D eigenvalue weighted by Gasteiger charge is 2.34. The molecular weight excluding hydrogens is 603 g/mol. The fourth-order valence-electron chi connectivity index (χ4n) is 5.95. The molecular formula is C33H33FN10O3. The largest absolute Gasteiger partial charge is 0.486 e. The van der Waals surface area contributed by atoms with Crippen molar-refractivity contribution in [3.8, 4) is 23.2 Å². The number of ether oxygens (including phenoxy) is 2. The number of amides is 1. The quantitative estimate of drug-likeness (QED) is 0.303. The molecule has 13 nitrogen and oxygen atoms in total. The summed E-state index contributed by atoms with van der Waals surface area (Å²) in [6, 6.07) is 15.8. The van der Waals surface area contributed by atoms with E-state index in [1.54, 1.807) is 18.2 Å². The molecule has 0 spiro atoms. The number of hydrogen-bond acceptors (Lipinski definition) is 12. The van der Waals surface area contributed by atoms with Gasteiger partial charge in [-0.1, -0.05) is 0 Å². The number of halogens is 1. The molecule has 1 amide bonds. The molecule has 2 aromatic heterocycles. The Labute approximate surface area is 271 Å². The highest BCUT2D eigenvalue weighted by atomic mass is 19.1. The van der Waals surface area contributed by atoms with Gasteiger partial charge < -0.3 is 24.6 Å². The molecule has 47 heavy (non-hydrogen) atoms. The lowest BCUT2D eigenvalue weighted by atomic mass is 10.0. The predicted molar refractivity (Wildman–Crippen MR) is 170 cm³/mol. The Morgan fingerprint density at radius 2 is 1.85 bits per heavy atom. The topological polar surface area (TPSA) is 146 Å². The van der Waals surface area contributed by atoms with Crippen molar-refractivity contribution in [1.82, 2.24) is 34.7 Å². The van der Waals surface area contributed by atoms with Gasteiger partial charge in [0.1, 0.15) is 29.9 Å². The van der Waals surface area contributed by atoms with Crippen LogP contribution in [0.5, 0.6) is 5.75 Å². The van der Waals surface area contributed by atoms with E-state index in [0.717, 1.165) is 45.1 Å². The molecule has 0 radical (unpaired) electrons. The molecule has 0 aliphatic carbocycles. The van der Waals surface area contributed by atoms with Crippen LogP contribution in [0.3, 0.4) is 0 Å². The third kappa shape index (κ3) is 6.81. The summed E-state index contributed by atoms with van der Waals surface area (Å²) in [7, 11) is 0. The summed E-state index contributed by atoms with van der Waals surface area (Å²) in [6.45, 7) is 5.86. The van der Waals surface area contributed by atoms with Crippen LogP contribution < -0.4 is 15.0 Å². The number of piperazine rings is 1.